The van der Waals surface area contributed by atoms with Crippen LogP contribution in [0.5, 0.6) is 0 Å². The number of anilines is 1. The fourth-order valence-corrected chi connectivity index (χ4v) is 4.06. The third-order valence-electron chi connectivity index (χ3n) is 2.39. The Kier molecular flexibility index (Phi) is 4.30. The minimum absolute atomic E-state index is 0.0114. The van der Waals surface area contributed by atoms with Crippen LogP contribution in [0, 0.1) is 10.1 Å². The number of halogens is 2. The molecule has 1 N–H and O–H groups in total. The molecule has 0 aliphatic carbocycles. The van der Waals surface area contributed by atoms with Crippen molar-refractivity contribution in [3.63, 3.8) is 0 Å². The van der Waals surface area contributed by atoms with Crippen LogP contribution < -0.4 is 4.72 Å². The fourth-order valence-electron chi connectivity index (χ4n) is 1.54. The zero-order chi connectivity index (χ0) is 15.8. The standard InChI is InChI=1S/C9H7Br2N5O4S/c1-15-9(8(11)12-14-15)21(19,20)13-6-3-2-5(10)4-7(6)16(17)18/h2-4,13H,1H3. The SMILES string of the molecule is Cn1nnc(Br)c1S(=O)(=O)Nc1ccc(Br)cc1[N+](=O)[O-]. The molecule has 1 aromatic carbocycles. The van der Waals surface area contributed by atoms with Crippen LogP contribution in [0.25, 0.3) is 0 Å². The topological polar surface area (TPSA) is 120 Å². The van der Waals surface area contributed by atoms with Crippen molar-refractivity contribution in [2.75, 3.05) is 4.72 Å². The van der Waals surface area contributed by atoms with Crippen molar-refractivity contribution < 1.29 is 13.3 Å². The van der Waals surface area contributed by atoms with Crippen molar-refractivity contribution in [1.82, 2.24) is 15.0 Å². The normalized spacial score (nSPS) is 11.4. The van der Waals surface area contributed by atoms with Crippen molar-refractivity contribution >= 4 is 53.3 Å². The smallest absolute Gasteiger partial charge is 0.272 e. The molecule has 0 amide bonds. The molecule has 0 saturated heterocycles. The second-order valence-corrected chi connectivity index (χ2v) is 7.10. The summed E-state index contributed by atoms with van der Waals surface area (Å²) in [5.41, 5.74) is -0.532. The molecule has 0 fully saturated rings. The minimum Gasteiger partial charge on any atom is -0.272 e. The molecule has 21 heavy (non-hydrogen) atoms. The molecule has 0 aliphatic rings. The Bertz CT molecular complexity index is 800. The number of aryl methyl sites for hydroxylation is 1. The van der Waals surface area contributed by atoms with Gasteiger partial charge in [-0.25, -0.2) is 4.68 Å². The van der Waals surface area contributed by atoms with Gasteiger partial charge in [0.2, 0.25) is 5.03 Å². The molecular weight excluding hydrogens is 434 g/mol. The summed E-state index contributed by atoms with van der Waals surface area (Å²) in [4.78, 5) is 10.3. The van der Waals surface area contributed by atoms with E-state index in [1.807, 2.05) is 0 Å². The van der Waals surface area contributed by atoms with Gasteiger partial charge in [-0.2, -0.15) is 8.42 Å². The van der Waals surface area contributed by atoms with Crippen molar-refractivity contribution in [2.45, 2.75) is 5.03 Å². The Morgan fingerprint density at radius 3 is 2.57 bits per heavy atom. The van der Waals surface area contributed by atoms with E-state index in [4.69, 9.17) is 0 Å². The molecule has 2 rings (SSSR count). The van der Waals surface area contributed by atoms with Gasteiger partial charge in [0.05, 0.1) is 4.92 Å². The molecule has 9 nitrogen and oxygen atoms in total. The van der Waals surface area contributed by atoms with Gasteiger partial charge in [-0.15, -0.1) is 5.10 Å². The highest BCUT2D eigenvalue weighted by Crippen LogP contribution is 2.30. The number of nitrogens with one attached hydrogen (secondary N) is 1. The summed E-state index contributed by atoms with van der Waals surface area (Å²) >= 11 is 6.06. The Labute approximate surface area is 135 Å². The molecule has 12 heteroatoms. The van der Waals surface area contributed by atoms with E-state index < -0.39 is 14.9 Å². The Balaban J connectivity index is 2.50. The van der Waals surface area contributed by atoms with Crippen LogP contribution >= 0.6 is 31.9 Å². The largest absolute Gasteiger partial charge is 0.294 e. The highest BCUT2D eigenvalue weighted by Gasteiger charge is 2.27. The number of aromatic nitrogens is 3. The van der Waals surface area contributed by atoms with E-state index in [1.165, 1.54) is 25.2 Å². The number of sulfonamides is 1. The number of benzene rings is 1. The highest BCUT2D eigenvalue weighted by molar-refractivity contribution is 9.10. The third-order valence-corrected chi connectivity index (χ3v) is 5.14. The summed E-state index contributed by atoms with van der Waals surface area (Å²) in [7, 11) is -2.69. The van der Waals surface area contributed by atoms with E-state index in [9.17, 15) is 18.5 Å². The lowest BCUT2D eigenvalue weighted by Crippen LogP contribution is -2.18. The van der Waals surface area contributed by atoms with Gasteiger partial charge in [-0.05, 0) is 28.1 Å². The first-order valence-corrected chi connectivity index (χ1v) is 8.31. The lowest BCUT2D eigenvalue weighted by molar-refractivity contribution is -0.384. The number of rotatable bonds is 4. The van der Waals surface area contributed by atoms with E-state index in [0.717, 1.165) is 4.68 Å². The molecule has 0 aliphatic heterocycles. The fraction of sp³-hybridized carbons (Fsp3) is 0.111. The van der Waals surface area contributed by atoms with E-state index in [-0.39, 0.29) is 21.0 Å². The molecule has 0 unspecified atom stereocenters. The summed E-state index contributed by atoms with van der Waals surface area (Å²) in [5, 5.41) is 17.9. The number of nitrogens with zero attached hydrogens (tertiary/aromatic N) is 4. The molecule has 1 heterocycles. The average Bonchev–Trinajstić information content (AvgIpc) is 2.71. The maximum Gasteiger partial charge on any atom is 0.294 e. The summed E-state index contributed by atoms with van der Waals surface area (Å²) in [6.07, 6.45) is 0. The number of nitro groups is 1. The molecule has 0 bridgehead atoms. The van der Waals surface area contributed by atoms with Crippen LogP contribution in [0.1, 0.15) is 0 Å². The van der Waals surface area contributed by atoms with E-state index in [2.05, 4.69) is 46.9 Å². The molecule has 0 saturated carbocycles. The Morgan fingerprint density at radius 2 is 2.05 bits per heavy atom. The molecule has 2 aromatic rings. The molecule has 0 spiro atoms. The summed E-state index contributed by atoms with van der Waals surface area (Å²) in [5.74, 6) is 0. The van der Waals surface area contributed by atoms with E-state index >= 15 is 0 Å². The number of hydrogen-bond donors (Lipinski definition) is 1. The van der Waals surface area contributed by atoms with Gasteiger partial charge in [0, 0.05) is 17.6 Å². The molecular formula is C9H7Br2N5O4S. The van der Waals surface area contributed by atoms with Crippen LogP contribution in [0.4, 0.5) is 11.4 Å². The van der Waals surface area contributed by atoms with Crippen LogP contribution in [-0.4, -0.2) is 28.3 Å². The molecule has 0 radical (unpaired) electrons. The van der Waals surface area contributed by atoms with Crippen LogP contribution in [-0.2, 0) is 17.1 Å². The third kappa shape index (κ3) is 3.22. The maximum absolute atomic E-state index is 12.3. The first-order valence-electron chi connectivity index (χ1n) is 5.24. The van der Waals surface area contributed by atoms with Gasteiger partial charge in [0.25, 0.3) is 15.7 Å². The van der Waals surface area contributed by atoms with Crippen LogP contribution in [0.15, 0.2) is 32.3 Å². The number of nitro benzene ring substituents is 1. The maximum atomic E-state index is 12.3. The molecule has 1 aromatic heterocycles. The predicted octanol–water partition coefficient (Wildman–Crippen LogP) is 2.05. The summed E-state index contributed by atoms with van der Waals surface area (Å²) in [6.45, 7) is 0. The predicted molar refractivity (Wildman–Crippen MR) is 80.3 cm³/mol. The lowest BCUT2D eigenvalue weighted by atomic mass is 10.3. The first kappa shape index (κ1) is 15.9. The van der Waals surface area contributed by atoms with Gasteiger partial charge in [-0.1, -0.05) is 21.1 Å². The van der Waals surface area contributed by atoms with Gasteiger partial charge in [0.15, 0.2) is 4.60 Å². The minimum atomic E-state index is -4.08. The van der Waals surface area contributed by atoms with Gasteiger partial charge in [-0.3, -0.25) is 14.8 Å². The van der Waals surface area contributed by atoms with Gasteiger partial charge in [0.1, 0.15) is 5.69 Å². The second kappa shape index (κ2) is 5.69. The number of hydrogen-bond acceptors (Lipinski definition) is 6. The van der Waals surface area contributed by atoms with Crippen LogP contribution in [0.2, 0.25) is 0 Å². The monoisotopic (exact) mass is 439 g/mol. The van der Waals surface area contributed by atoms with Crippen LogP contribution in [0.3, 0.4) is 0 Å². The highest BCUT2D eigenvalue weighted by atomic mass is 79.9. The summed E-state index contributed by atoms with van der Waals surface area (Å²) < 4.78 is 28.2. The lowest BCUT2D eigenvalue weighted by Gasteiger charge is -2.08. The average molecular weight is 441 g/mol. The van der Waals surface area contributed by atoms with Crippen molar-refractivity contribution in [1.29, 1.82) is 0 Å². The van der Waals surface area contributed by atoms with Gasteiger partial charge < -0.3 is 0 Å². The van der Waals surface area contributed by atoms with Crippen molar-refractivity contribution in [3.8, 4) is 0 Å². The van der Waals surface area contributed by atoms with E-state index in [1.54, 1.807) is 0 Å². The second-order valence-electron chi connectivity index (χ2n) is 3.83. The van der Waals surface area contributed by atoms with Crippen molar-refractivity contribution in [3.05, 3.63) is 37.4 Å². The first-order chi connectivity index (χ1) is 9.72. The zero-order valence-electron chi connectivity index (χ0n) is 10.3. The quantitative estimate of drug-likeness (QED) is 0.573. The summed E-state index contributed by atoms with van der Waals surface area (Å²) in [6, 6.07) is 3.98. The Hall–Kier alpha value is -1.53. The molecule has 0 atom stereocenters. The van der Waals surface area contributed by atoms with E-state index in [0.29, 0.717) is 4.47 Å². The van der Waals surface area contributed by atoms with Gasteiger partial charge >= 0.3 is 0 Å². The Morgan fingerprint density at radius 1 is 1.38 bits per heavy atom. The molecule has 112 valence electrons. The zero-order valence-corrected chi connectivity index (χ0v) is 14.3. The van der Waals surface area contributed by atoms with Crippen molar-refractivity contribution in [2.24, 2.45) is 7.05 Å².